The summed E-state index contributed by atoms with van der Waals surface area (Å²) in [6, 6.07) is 88.6. The first kappa shape index (κ1) is 40.3. The van der Waals surface area contributed by atoms with Crippen LogP contribution in [-0.2, 0) is 16.2 Å². The van der Waals surface area contributed by atoms with Gasteiger partial charge in [-0.05, 0) is 125 Å². The Morgan fingerprint density at radius 3 is 1.46 bits per heavy atom. The van der Waals surface area contributed by atoms with E-state index in [2.05, 4.69) is 269 Å². The molecule has 3 aliphatic rings. The van der Waals surface area contributed by atoms with Crippen molar-refractivity contribution in [3.05, 3.63) is 281 Å². The summed E-state index contributed by atoms with van der Waals surface area (Å²) in [5, 5.41) is 0. The zero-order valence-corrected chi connectivity index (χ0v) is 39.0. The van der Waals surface area contributed by atoms with Crippen molar-refractivity contribution in [2.24, 2.45) is 0 Å². The van der Waals surface area contributed by atoms with Crippen molar-refractivity contribution in [1.29, 1.82) is 0 Å². The number of nitrogens with zero attached hydrogens (tertiary/aromatic N) is 1. The van der Waals surface area contributed by atoms with E-state index < -0.39 is 5.41 Å². The van der Waals surface area contributed by atoms with Gasteiger partial charge in [-0.15, -0.1) is 0 Å². The molecule has 0 aliphatic heterocycles. The summed E-state index contributed by atoms with van der Waals surface area (Å²) in [6.07, 6.45) is 0. The van der Waals surface area contributed by atoms with Crippen molar-refractivity contribution in [3.8, 4) is 55.6 Å². The summed E-state index contributed by atoms with van der Waals surface area (Å²) in [7, 11) is 0. The van der Waals surface area contributed by atoms with Crippen molar-refractivity contribution in [3.63, 3.8) is 0 Å². The summed E-state index contributed by atoms with van der Waals surface area (Å²) in [4.78, 5) is 2.56. The summed E-state index contributed by atoms with van der Waals surface area (Å²) in [5.74, 6) is 0. The first-order valence-corrected chi connectivity index (χ1v) is 24.1. The van der Waals surface area contributed by atoms with Crippen LogP contribution in [0, 0.1) is 0 Å². The van der Waals surface area contributed by atoms with E-state index >= 15 is 0 Å². The SMILES string of the molecule is CC1(C)c2ccccc2-c2cc3c(cc21)-c1c(N(c2ccc(-c4ccccc4)cc2)c2ccccc2-c2cccc4c2-c2ccccc2C4(c2ccccc2)c2ccccc2)cccc1C3(C)C. The number of rotatable bonds is 7. The molecule has 0 atom stereocenters. The second-order valence-electron chi connectivity index (χ2n) is 20.0. The molecule has 0 bridgehead atoms. The van der Waals surface area contributed by atoms with Crippen LogP contribution in [0.3, 0.4) is 0 Å². The lowest BCUT2D eigenvalue weighted by molar-refractivity contribution is 0.652. The number of benzene rings is 10. The molecular formula is C67H51N. The Kier molecular flexibility index (Phi) is 8.89. The first-order chi connectivity index (χ1) is 33.3. The van der Waals surface area contributed by atoms with Gasteiger partial charge < -0.3 is 4.90 Å². The molecule has 0 radical (unpaired) electrons. The van der Waals surface area contributed by atoms with Gasteiger partial charge in [0.1, 0.15) is 0 Å². The van der Waals surface area contributed by atoms with E-state index in [1.807, 2.05) is 0 Å². The van der Waals surface area contributed by atoms with Crippen molar-refractivity contribution >= 4 is 17.1 Å². The van der Waals surface area contributed by atoms with Gasteiger partial charge in [-0.1, -0.05) is 228 Å². The third-order valence-corrected chi connectivity index (χ3v) is 15.8. The van der Waals surface area contributed by atoms with E-state index in [-0.39, 0.29) is 10.8 Å². The van der Waals surface area contributed by atoms with Gasteiger partial charge in [-0.2, -0.15) is 0 Å². The van der Waals surface area contributed by atoms with Gasteiger partial charge in [0, 0.05) is 27.6 Å². The molecule has 13 rings (SSSR count). The monoisotopic (exact) mass is 869 g/mol. The second kappa shape index (κ2) is 15.0. The van der Waals surface area contributed by atoms with Crippen LogP contribution in [-0.4, -0.2) is 0 Å². The maximum absolute atomic E-state index is 2.56. The standard InChI is InChI=1S/C67H51N/c1-65(2)55-32-17-14-28-49(55)53-42-60-54(43-59(53)65)64-57(66(60,3)4)34-21-37-62(64)68(48-40-38-45(39-41-48)44-22-8-5-9-23-44)61-36-19-16-29-50(61)51-31-20-35-58-63(51)52-30-15-18-33-56(52)67(58,46-24-10-6-11-25-46)47-26-12-7-13-27-47/h5-43H,1-4H3. The number of hydrogen-bond acceptors (Lipinski definition) is 1. The van der Waals surface area contributed by atoms with Crippen molar-refractivity contribution in [1.82, 2.24) is 0 Å². The molecule has 1 heteroatoms. The van der Waals surface area contributed by atoms with Crippen LogP contribution in [0.1, 0.15) is 72.2 Å². The average molecular weight is 870 g/mol. The maximum Gasteiger partial charge on any atom is 0.0713 e. The zero-order valence-electron chi connectivity index (χ0n) is 39.0. The Bertz CT molecular complexity index is 3560. The van der Waals surface area contributed by atoms with Crippen LogP contribution >= 0.6 is 0 Å². The molecule has 0 N–H and O–H groups in total. The van der Waals surface area contributed by atoms with Crippen LogP contribution in [0.5, 0.6) is 0 Å². The van der Waals surface area contributed by atoms with E-state index in [4.69, 9.17) is 0 Å². The normalized spacial score (nSPS) is 14.8. The Labute approximate surface area is 400 Å². The second-order valence-corrected chi connectivity index (χ2v) is 20.0. The van der Waals surface area contributed by atoms with Crippen LogP contribution in [0.15, 0.2) is 237 Å². The van der Waals surface area contributed by atoms with Crippen molar-refractivity contribution in [2.45, 2.75) is 43.9 Å². The van der Waals surface area contributed by atoms with Gasteiger partial charge in [0.05, 0.1) is 16.8 Å². The molecule has 0 heterocycles. The quantitative estimate of drug-likeness (QED) is 0.154. The summed E-state index contributed by atoms with van der Waals surface area (Å²) in [5.41, 5.74) is 26.0. The summed E-state index contributed by atoms with van der Waals surface area (Å²) >= 11 is 0. The van der Waals surface area contributed by atoms with Gasteiger partial charge in [-0.25, -0.2) is 0 Å². The molecular weight excluding hydrogens is 819 g/mol. The highest BCUT2D eigenvalue weighted by molar-refractivity contribution is 6.03. The predicted molar refractivity (Wildman–Crippen MR) is 284 cm³/mol. The lowest BCUT2D eigenvalue weighted by Gasteiger charge is -2.34. The van der Waals surface area contributed by atoms with E-state index in [1.54, 1.807) is 0 Å². The molecule has 0 aromatic heterocycles. The largest absolute Gasteiger partial charge is 0.309 e. The summed E-state index contributed by atoms with van der Waals surface area (Å²) in [6.45, 7) is 9.63. The first-order valence-electron chi connectivity index (χ1n) is 24.1. The van der Waals surface area contributed by atoms with E-state index in [0.29, 0.717) is 0 Å². The lowest BCUT2D eigenvalue weighted by atomic mass is 9.67. The number of anilines is 3. The molecule has 1 nitrogen and oxygen atoms in total. The van der Waals surface area contributed by atoms with Crippen molar-refractivity contribution < 1.29 is 0 Å². The fraction of sp³-hybridized carbons (Fsp3) is 0.104. The van der Waals surface area contributed by atoms with Crippen LogP contribution in [0.4, 0.5) is 17.1 Å². The fourth-order valence-electron chi connectivity index (χ4n) is 12.6. The lowest BCUT2D eigenvalue weighted by Crippen LogP contribution is -2.28. The highest BCUT2D eigenvalue weighted by Gasteiger charge is 2.47. The number of fused-ring (bicyclic) bond motifs is 9. The number of hydrogen-bond donors (Lipinski definition) is 0. The Morgan fingerprint density at radius 1 is 0.279 bits per heavy atom. The van der Waals surface area contributed by atoms with Gasteiger partial charge in [0.25, 0.3) is 0 Å². The van der Waals surface area contributed by atoms with E-state index in [0.717, 1.165) is 11.4 Å². The zero-order chi connectivity index (χ0) is 45.8. The molecule has 0 saturated carbocycles. The topological polar surface area (TPSA) is 3.24 Å². The number of para-hydroxylation sites is 1. The molecule has 0 spiro atoms. The Balaban J connectivity index is 1.07. The third-order valence-electron chi connectivity index (χ3n) is 15.8. The van der Waals surface area contributed by atoms with Crippen molar-refractivity contribution in [2.75, 3.05) is 4.90 Å². The molecule has 68 heavy (non-hydrogen) atoms. The minimum atomic E-state index is -0.504. The molecule has 3 aliphatic carbocycles. The van der Waals surface area contributed by atoms with Gasteiger partial charge in [0.2, 0.25) is 0 Å². The predicted octanol–water partition coefficient (Wildman–Crippen LogP) is 17.5. The van der Waals surface area contributed by atoms with Crippen LogP contribution in [0.2, 0.25) is 0 Å². The molecule has 10 aromatic rings. The fourth-order valence-corrected chi connectivity index (χ4v) is 12.6. The van der Waals surface area contributed by atoms with Crippen LogP contribution in [0.25, 0.3) is 55.6 Å². The molecule has 0 unspecified atom stereocenters. The van der Waals surface area contributed by atoms with Crippen LogP contribution < -0.4 is 4.90 Å². The maximum atomic E-state index is 2.56. The van der Waals surface area contributed by atoms with Gasteiger partial charge in [-0.3, -0.25) is 0 Å². The van der Waals surface area contributed by atoms with E-state index in [1.165, 1.54) is 106 Å². The van der Waals surface area contributed by atoms with Gasteiger partial charge in [0.15, 0.2) is 0 Å². The average Bonchev–Trinajstić information content (AvgIpc) is 3.92. The molecule has 10 aromatic carbocycles. The Morgan fingerprint density at radius 2 is 0.750 bits per heavy atom. The highest BCUT2D eigenvalue weighted by Crippen LogP contribution is 2.61. The molecule has 324 valence electrons. The Hall–Kier alpha value is -8.00. The highest BCUT2D eigenvalue weighted by atomic mass is 15.1. The molecule has 0 saturated heterocycles. The smallest absolute Gasteiger partial charge is 0.0713 e. The minimum Gasteiger partial charge on any atom is -0.309 e. The molecule has 0 fully saturated rings. The third kappa shape index (κ3) is 5.63. The molecule has 0 amide bonds. The van der Waals surface area contributed by atoms with Gasteiger partial charge >= 0.3 is 0 Å². The summed E-state index contributed by atoms with van der Waals surface area (Å²) < 4.78 is 0. The minimum absolute atomic E-state index is 0.124. The van der Waals surface area contributed by atoms with E-state index in [9.17, 15) is 0 Å².